The molecule has 1 saturated carbocycles. The molecule has 0 spiro atoms. The van der Waals surface area contributed by atoms with E-state index in [0.29, 0.717) is 33.6 Å². The van der Waals surface area contributed by atoms with Gasteiger partial charge in [-0.25, -0.2) is 9.37 Å². The van der Waals surface area contributed by atoms with Gasteiger partial charge in [-0.05, 0) is 37.1 Å². The second-order valence-electron chi connectivity index (χ2n) is 7.54. The van der Waals surface area contributed by atoms with Gasteiger partial charge in [0.25, 0.3) is 0 Å². The fourth-order valence-electron chi connectivity index (χ4n) is 3.56. The highest BCUT2D eigenvalue weighted by molar-refractivity contribution is 7.16. The predicted molar refractivity (Wildman–Crippen MR) is 114 cm³/mol. The normalized spacial score (nSPS) is 14.6. The van der Waals surface area contributed by atoms with E-state index in [2.05, 4.69) is 25.5 Å². The van der Waals surface area contributed by atoms with Crippen molar-refractivity contribution in [3.8, 4) is 10.7 Å². The molecule has 0 bridgehead atoms. The van der Waals surface area contributed by atoms with Crippen molar-refractivity contribution in [1.29, 1.82) is 0 Å². The van der Waals surface area contributed by atoms with Crippen LogP contribution >= 0.6 is 11.3 Å². The summed E-state index contributed by atoms with van der Waals surface area (Å²) < 4.78 is 14.2. The molecule has 10 heteroatoms. The number of primary amides is 1. The number of nitrogens with two attached hydrogens (primary N) is 1. The summed E-state index contributed by atoms with van der Waals surface area (Å²) in [7, 11) is 0. The van der Waals surface area contributed by atoms with Crippen LogP contribution < -0.4 is 11.1 Å². The first-order valence-corrected chi connectivity index (χ1v) is 10.7. The van der Waals surface area contributed by atoms with E-state index in [1.54, 1.807) is 24.4 Å². The molecule has 1 aliphatic carbocycles. The van der Waals surface area contributed by atoms with Crippen LogP contribution in [0.2, 0.25) is 0 Å². The van der Waals surface area contributed by atoms with Crippen LogP contribution in [0.1, 0.15) is 47.5 Å². The summed E-state index contributed by atoms with van der Waals surface area (Å²) in [6, 6.07) is 6.58. The summed E-state index contributed by atoms with van der Waals surface area (Å²) in [6.07, 6.45) is 5.93. The Balaban J connectivity index is 1.40. The molecule has 0 aliphatic heterocycles. The Morgan fingerprint density at radius 1 is 1.16 bits per heavy atom. The number of nitrogens with one attached hydrogen (secondary N) is 1. The maximum Gasteiger partial charge on any atom is 0.217 e. The van der Waals surface area contributed by atoms with Crippen LogP contribution in [0.3, 0.4) is 0 Å². The first kappa shape index (κ1) is 21.0. The van der Waals surface area contributed by atoms with E-state index in [4.69, 9.17) is 5.73 Å². The average Bonchev–Trinajstić information content (AvgIpc) is 3.23. The summed E-state index contributed by atoms with van der Waals surface area (Å²) >= 11 is 1.20. The maximum atomic E-state index is 14.2. The van der Waals surface area contributed by atoms with E-state index in [1.165, 1.54) is 23.6 Å². The number of carbonyl (C=O) groups excluding carboxylic acids is 2. The number of hydrogen-bond acceptors (Lipinski definition) is 8. The van der Waals surface area contributed by atoms with Crippen LogP contribution in [0.25, 0.3) is 10.7 Å². The third-order valence-corrected chi connectivity index (χ3v) is 6.50. The molecule has 4 rings (SSSR count). The number of nitrogens with zero attached hydrogens (tertiary/aromatic N) is 4. The molecule has 1 amide bonds. The Labute approximate surface area is 182 Å². The van der Waals surface area contributed by atoms with E-state index in [0.717, 1.165) is 19.3 Å². The molecule has 31 heavy (non-hydrogen) atoms. The number of thiazole rings is 1. The van der Waals surface area contributed by atoms with Gasteiger partial charge in [-0.1, -0.05) is 6.42 Å². The summed E-state index contributed by atoms with van der Waals surface area (Å²) in [5.41, 5.74) is 5.79. The molecule has 3 aromatic rings. The van der Waals surface area contributed by atoms with Crippen LogP contribution in [0.5, 0.6) is 0 Å². The Hall–Kier alpha value is -3.27. The highest BCUT2D eigenvalue weighted by Crippen LogP contribution is 2.43. The fraction of sp³-hybridized carbons (Fsp3) is 0.333. The van der Waals surface area contributed by atoms with Crippen LogP contribution in [0, 0.1) is 5.82 Å². The number of rotatable bonds is 9. The van der Waals surface area contributed by atoms with Gasteiger partial charge in [0.15, 0.2) is 5.78 Å². The molecule has 0 aromatic carbocycles. The smallest absolute Gasteiger partial charge is 0.217 e. The van der Waals surface area contributed by atoms with Gasteiger partial charge < -0.3 is 11.1 Å². The number of Topliss-reactive ketones (excluding diaryl/α,β-unsaturated/α-hetero) is 1. The number of aromatic nitrogens is 4. The van der Waals surface area contributed by atoms with Gasteiger partial charge in [0, 0.05) is 37.2 Å². The maximum absolute atomic E-state index is 14.2. The van der Waals surface area contributed by atoms with Crippen molar-refractivity contribution in [3.05, 3.63) is 53.0 Å². The molecule has 3 N–H and O–H groups in total. The molecule has 160 valence electrons. The van der Waals surface area contributed by atoms with Gasteiger partial charge in [-0.2, -0.15) is 0 Å². The van der Waals surface area contributed by atoms with E-state index in [-0.39, 0.29) is 29.9 Å². The van der Waals surface area contributed by atoms with Crippen molar-refractivity contribution < 1.29 is 14.0 Å². The number of halogens is 1. The Morgan fingerprint density at radius 2 is 2.00 bits per heavy atom. The lowest BCUT2D eigenvalue weighted by atomic mass is 9.66. The molecule has 3 heterocycles. The molecular weight excluding hydrogens is 419 g/mol. The zero-order chi connectivity index (χ0) is 21.8. The van der Waals surface area contributed by atoms with E-state index < -0.39 is 5.91 Å². The first-order chi connectivity index (χ1) is 15.0. The topological polar surface area (TPSA) is 124 Å². The third kappa shape index (κ3) is 4.58. The van der Waals surface area contributed by atoms with Crippen LogP contribution in [-0.4, -0.2) is 38.4 Å². The highest BCUT2D eigenvalue weighted by Gasteiger charge is 2.41. The van der Waals surface area contributed by atoms with Crippen molar-refractivity contribution in [2.75, 3.05) is 11.9 Å². The summed E-state index contributed by atoms with van der Waals surface area (Å²) in [5, 5.41) is 12.2. The Morgan fingerprint density at radius 3 is 2.65 bits per heavy atom. The predicted octanol–water partition coefficient (Wildman–Crippen LogP) is 3.12. The Kier molecular flexibility index (Phi) is 5.99. The highest BCUT2D eigenvalue weighted by atomic mass is 32.1. The van der Waals surface area contributed by atoms with Gasteiger partial charge in [0.05, 0.1) is 10.6 Å². The summed E-state index contributed by atoms with van der Waals surface area (Å²) in [5.74, 6) is -0.404. The number of amides is 1. The second-order valence-corrected chi connectivity index (χ2v) is 8.57. The molecular formula is C21H21FN6O2S. The van der Waals surface area contributed by atoms with Crippen molar-refractivity contribution in [1.82, 2.24) is 20.2 Å². The van der Waals surface area contributed by atoms with Gasteiger partial charge in [0.2, 0.25) is 5.91 Å². The minimum absolute atomic E-state index is 0.0101. The number of hydrogen-bond donors (Lipinski definition) is 2. The fourth-order valence-corrected chi connectivity index (χ4v) is 4.41. The molecule has 0 saturated heterocycles. The van der Waals surface area contributed by atoms with Crippen LogP contribution in [0.4, 0.5) is 10.2 Å². The molecule has 3 aromatic heterocycles. The number of anilines is 1. The van der Waals surface area contributed by atoms with E-state index in [9.17, 15) is 14.0 Å². The number of ketones is 1. The van der Waals surface area contributed by atoms with Crippen molar-refractivity contribution in [2.24, 2.45) is 5.73 Å². The summed E-state index contributed by atoms with van der Waals surface area (Å²) in [4.78, 5) is 31.9. The van der Waals surface area contributed by atoms with Gasteiger partial charge in [-0.15, -0.1) is 21.5 Å². The van der Waals surface area contributed by atoms with E-state index >= 15 is 0 Å². The lowest BCUT2D eigenvalue weighted by Crippen LogP contribution is -2.42. The zero-order valence-electron chi connectivity index (χ0n) is 16.7. The van der Waals surface area contributed by atoms with Crippen molar-refractivity contribution in [3.63, 3.8) is 0 Å². The monoisotopic (exact) mass is 440 g/mol. The molecule has 0 radical (unpaired) electrons. The van der Waals surface area contributed by atoms with E-state index in [1.807, 2.05) is 0 Å². The SMILES string of the molecule is NC(=O)CCC(=O)c1cnc(-c2ccc(NCC3(c4ncccc4F)CCC3)nn2)s1. The minimum Gasteiger partial charge on any atom is -0.370 e. The van der Waals surface area contributed by atoms with Gasteiger partial charge in [-0.3, -0.25) is 14.6 Å². The average molecular weight is 441 g/mol. The van der Waals surface area contributed by atoms with Crippen LogP contribution in [-0.2, 0) is 10.2 Å². The first-order valence-electron chi connectivity index (χ1n) is 9.93. The zero-order valence-corrected chi connectivity index (χ0v) is 17.5. The molecule has 8 nitrogen and oxygen atoms in total. The number of pyridine rings is 1. The largest absolute Gasteiger partial charge is 0.370 e. The lowest BCUT2D eigenvalue weighted by molar-refractivity contribution is -0.118. The standard InChI is InChI=1S/C21H21FN6O2S/c22-13-3-1-10-24-19(13)21(8-2-9-21)12-26-18-7-4-14(27-28-18)20-25-11-16(31-20)15(29)5-6-17(23)30/h1,3-4,7,10-11H,2,5-6,8-9,12H2,(H2,23,30)(H,26,28). The number of carbonyl (C=O) groups is 2. The molecule has 1 fully saturated rings. The van der Waals surface area contributed by atoms with Crippen molar-refractivity contribution in [2.45, 2.75) is 37.5 Å². The molecule has 0 atom stereocenters. The van der Waals surface area contributed by atoms with Gasteiger partial charge >= 0.3 is 0 Å². The third-order valence-electron chi connectivity index (χ3n) is 5.44. The quantitative estimate of drug-likeness (QED) is 0.490. The molecule has 1 aliphatic rings. The molecule has 0 unspecified atom stereocenters. The second kappa shape index (κ2) is 8.84. The summed E-state index contributed by atoms with van der Waals surface area (Å²) in [6.45, 7) is 0.519. The lowest BCUT2D eigenvalue weighted by Gasteiger charge is -2.41. The van der Waals surface area contributed by atoms with Crippen molar-refractivity contribution >= 4 is 28.8 Å². The minimum atomic E-state index is -0.512. The van der Waals surface area contributed by atoms with Crippen LogP contribution in [0.15, 0.2) is 36.7 Å². The Bertz CT molecular complexity index is 1100. The van der Waals surface area contributed by atoms with Gasteiger partial charge in [0.1, 0.15) is 22.3 Å².